The van der Waals surface area contributed by atoms with Crippen molar-refractivity contribution < 1.29 is 0 Å². The normalized spacial score (nSPS) is 12.2. The van der Waals surface area contributed by atoms with Crippen LogP contribution in [0.2, 0.25) is 0 Å². The highest BCUT2D eigenvalue weighted by atomic mass is 15.2. The van der Waals surface area contributed by atoms with Crippen molar-refractivity contribution in [3.63, 3.8) is 0 Å². The molecular weight excluding hydrogens is 885 g/mol. The number of anilines is 10. The monoisotopic (exact) mass is 944 g/mol. The molecule has 0 aliphatic heterocycles. The van der Waals surface area contributed by atoms with E-state index in [1.807, 2.05) is 30.4 Å². The second kappa shape index (κ2) is 23.0. The Morgan fingerprint density at radius 2 is 0.877 bits per heavy atom. The molecule has 9 aromatic carbocycles. The molecule has 4 nitrogen and oxygen atoms in total. The maximum Gasteiger partial charge on any atom is 0.0540 e. The van der Waals surface area contributed by atoms with Gasteiger partial charge in [0, 0.05) is 73.1 Å². The molecule has 9 aromatic rings. The maximum absolute atomic E-state index is 4.01. The largest absolute Gasteiger partial charge is 0.314 e. The van der Waals surface area contributed by atoms with Crippen LogP contribution in [0.25, 0.3) is 28.6 Å². The van der Waals surface area contributed by atoms with Gasteiger partial charge in [-0.15, -0.1) is 0 Å². The van der Waals surface area contributed by atoms with Crippen LogP contribution in [0.3, 0.4) is 0 Å². The van der Waals surface area contributed by atoms with Crippen molar-refractivity contribution in [3.05, 3.63) is 308 Å². The first-order valence-electron chi connectivity index (χ1n) is 24.7. The lowest BCUT2D eigenvalue weighted by Crippen LogP contribution is -2.31. The number of fused-ring (bicyclic) bond motifs is 1. The van der Waals surface area contributed by atoms with Gasteiger partial charge in [0.05, 0.1) is 11.4 Å². The van der Waals surface area contributed by atoms with Crippen LogP contribution in [0, 0.1) is 6.92 Å². The fourth-order valence-corrected chi connectivity index (χ4v) is 9.56. The molecule has 356 valence electrons. The van der Waals surface area contributed by atoms with Crippen LogP contribution < -0.4 is 30.0 Å². The average Bonchev–Trinajstić information content (AvgIpc) is 3.43. The van der Waals surface area contributed by atoms with Gasteiger partial charge in [0.2, 0.25) is 0 Å². The summed E-state index contributed by atoms with van der Waals surface area (Å²) < 4.78 is 0. The van der Waals surface area contributed by atoms with E-state index in [4.69, 9.17) is 0 Å². The molecule has 0 aliphatic rings. The van der Waals surface area contributed by atoms with Gasteiger partial charge in [-0.25, -0.2) is 0 Å². The first-order chi connectivity index (χ1) is 35.9. The zero-order chi connectivity index (χ0) is 50.5. The lowest BCUT2D eigenvalue weighted by atomic mass is 10.0. The van der Waals surface area contributed by atoms with E-state index in [0.717, 1.165) is 84.3 Å². The van der Waals surface area contributed by atoms with Crippen LogP contribution in [-0.4, -0.2) is 0 Å². The minimum Gasteiger partial charge on any atom is -0.314 e. The number of nitrogens with zero attached hydrogens (tertiary/aromatic N) is 4. The molecule has 9 rings (SSSR count). The van der Waals surface area contributed by atoms with E-state index in [1.165, 1.54) is 16.3 Å². The summed E-state index contributed by atoms with van der Waals surface area (Å²) >= 11 is 0. The summed E-state index contributed by atoms with van der Waals surface area (Å²) in [6.07, 6.45) is 17.8. The number of aryl methyl sites for hydroxylation is 1. The van der Waals surface area contributed by atoms with Gasteiger partial charge in [-0.1, -0.05) is 178 Å². The van der Waals surface area contributed by atoms with Gasteiger partial charge < -0.3 is 19.6 Å². The minimum absolute atomic E-state index is 1.01. The molecular formula is C69H60N4. The quantitative estimate of drug-likeness (QED) is 0.0843. The first kappa shape index (κ1) is 48.6. The molecule has 0 aromatic heterocycles. The second-order valence-corrected chi connectivity index (χ2v) is 17.7. The van der Waals surface area contributed by atoms with Crippen LogP contribution in [0.15, 0.2) is 286 Å². The van der Waals surface area contributed by atoms with E-state index in [9.17, 15) is 0 Å². The van der Waals surface area contributed by atoms with Gasteiger partial charge in [-0.05, 0) is 152 Å². The van der Waals surface area contributed by atoms with E-state index in [0.29, 0.717) is 0 Å². The Morgan fingerprint density at radius 1 is 0.397 bits per heavy atom. The summed E-state index contributed by atoms with van der Waals surface area (Å²) in [5.41, 5.74) is 15.0. The second-order valence-electron chi connectivity index (χ2n) is 17.7. The van der Waals surface area contributed by atoms with Gasteiger partial charge >= 0.3 is 0 Å². The SMILES string of the molecule is C=C/C=C\C=C(/C)N(c1ccc(N(c2ccc(N(/C(C)=c3\cccc\c3=C\C=C)c3ccccc3)cc2)c2ccc(N(c3ccccc3)c3cccc4ccccc34)cc2)cc1)c1cccc(C)c1/C=C\C=C. The molecule has 73 heavy (non-hydrogen) atoms. The molecule has 4 heteroatoms. The Balaban J connectivity index is 1.19. The lowest BCUT2D eigenvalue weighted by molar-refractivity contribution is 1.14. The summed E-state index contributed by atoms with van der Waals surface area (Å²) in [6, 6.07) is 77.9. The Kier molecular flexibility index (Phi) is 15.3. The molecule has 0 heterocycles. The molecule has 0 fully saturated rings. The maximum atomic E-state index is 4.01. The van der Waals surface area contributed by atoms with Crippen molar-refractivity contribution in [2.75, 3.05) is 19.6 Å². The van der Waals surface area contributed by atoms with Gasteiger partial charge in [0.1, 0.15) is 0 Å². The fraction of sp³-hybridized carbons (Fsp3) is 0.0435. The molecule has 0 bridgehead atoms. The third-order valence-electron chi connectivity index (χ3n) is 13.0. The molecule has 0 saturated carbocycles. The Labute approximate surface area is 431 Å². The van der Waals surface area contributed by atoms with E-state index < -0.39 is 0 Å². The molecule has 0 saturated heterocycles. The molecule has 0 aliphatic carbocycles. The van der Waals surface area contributed by atoms with Crippen molar-refractivity contribution in [2.45, 2.75) is 20.8 Å². The highest BCUT2D eigenvalue weighted by Crippen LogP contribution is 2.43. The first-order valence-corrected chi connectivity index (χ1v) is 24.7. The lowest BCUT2D eigenvalue weighted by Gasteiger charge is -2.31. The van der Waals surface area contributed by atoms with Crippen LogP contribution in [0.4, 0.5) is 56.9 Å². The number of para-hydroxylation sites is 2. The standard InChI is InChI=1S/C69H60N4/c1-7-10-14-27-53(5)70(68-38-23-26-52(4)65(68)35-11-8-2)59-40-44-61(45-41-59)72(62-46-42-60(43-47-62)71(57-31-15-12-16-32-57)54(6)66-36-21-19-28-55(66)25-9-3)63-48-50-64(51-49-63)73(58-33-17-13-18-34-58)69-39-24-30-56-29-20-22-37-67(56)69/h7-51H,1-3H2,4-6H3/b14-10-,35-11-,53-27+,55-25-,66-54+. The van der Waals surface area contributed by atoms with Crippen LogP contribution >= 0.6 is 0 Å². The third kappa shape index (κ3) is 10.7. The number of hydrogen-bond acceptors (Lipinski definition) is 4. The van der Waals surface area contributed by atoms with E-state index >= 15 is 0 Å². The van der Waals surface area contributed by atoms with Crippen molar-refractivity contribution in [1.29, 1.82) is 0 Å². The van der Waals surface area contributed by atoms with Gasteiger partial charge in [-0.2, -0.15) is 0 Å². The van der Waals surface area contributed by atoms with Crippen molar-refractivity contribution >= 4 is 85.5 Å². The number of rotatable bonds is 17. The summed E-state index contributed by atoms with van der Waals surface area (Å²) in [5.74, 6) is 0. The third-order valence-corrected chi connectivity index (χ3v) is 13.0. The fourth-order valence-electron chi connectivity index (χ4n) is 9.56. The van der Waals surface area contributed by atoms with Gasteiger partial charge in [0.15, 0.2) is 0 Å². The summed E-state index contributed by atoms with van der Waals surface area (Å²) in [4.78, 5) is 9.33. The highest BCUT2D eigenvalue weighted by Gasteiger charge is 2.21. The van der Waals surface area contributed by atoms with E-state index in [1.54, 1.807) is 6.08 Å². The van der Waals surface area contributed by atoms with E-state index in [-0.39, 0.29) is 0 Å². The molecule has 0 radical (unpaired) electrons. The summed E-state index contributed by atoms with van der Waals surface area (Å²) in [5, 5.41) is 4.62. The molecule has 0 spiro atoms. The van der Waals surface area contributed by atoms with E-state index in [2.05, 4.69) is 297 Å². The molecule has 0 unspecified atom stereocenters. The number of benzene rings is 9. The topological polar surface area (TPSA) is 13.0 Å². The molecule has 0 atom stereocenters. The number of hydrogen-bond donors (Lipinski definition) is 0. The minimum atomic E-state index is 1.01. The van der Waals surface area contributed by atoms with Gasteiger partial charge in [0.25, 0.3) is 0 Å². The summed E-state index contributed by atoms with van der Waals surface area (Å²) in [7, 11) is 0. The molecule has 0 amide bonds. The molecule has 0 N–H and O–H groups in total. The van der Waals surface area contributed by atoms with Crippen LogP contribution in [-0.2, 0) is 0 Å². The zero-order valence-electron chi connectivity index (χ0n) is 41.9. The Morgan fingerprint density at radius 3 is 1.51 bits per heavy atom. The predicted molar refractivity (Wildman–Crippen MR) is 317 cm³/mol. The summed E-state index contributed by atoms with van der Waals surface area (Å²) in [6.45, 7) is 18.4. The predicted octanol–water partition coefficient (Wildman–Crippen LogP) is 18.0. The van der Waals surface area contributed by atoms with Crippen LogP contribution in [0.1, 0.15) is 25.0 Å². The Bertz CT molecular complexity index is 3580. The number of allylic oxidation sites excluding steroid dienone is 8. The zero-order valence-corrected chi connectivity index (χ0v) is 41.9. The van der Waals surface area contributed by atoms with Gasteiger partial charge in [-0.3, -0.25) is 0 Å². The highest BCUT2D eigenvalue weighted by molar-refractivity contribution is 5.99. The van der Waals surface area contributed by atoms with Crippen LogP contribution in [0.5, 0.6) is 0 Å². The smallest absolute Gasteiger partial charge is 0.0540 e. The van der Waals surface area contributed by atoms with Crippen molar-refractivity contribution in [1.82, 2.24) is 0 Å². The Hall–Kier alpha value is -9.38. The van der Waals surface area contributed by atoms with Crippen molar-refractivity contribution in [3.8, 4) is 0 Å². The van der Waals surface area contributed by atoms with Crippen molar-refractivity contribution in [2.24, 2.45) is 0 Å². The average molecular weight is 945 g/mol.